The van der Waals surface area contributed by atoms with Crippen LogP contribution >= 0.6 is 0 Å². The van der Waals surface area contributed by atoms with Gasteiger partial charge >= 0.3 is 0 Å². The lowest BCUT2D eigenvalue weighted by Gasteiger charge is -2.30. The summed E-state index contributed by atoms with van der Waals surface area (Å²) in [4.78, 5) is 18.0. The minimum Gasteiger partial charge on any atom is -0.375 e. The van der Waals surface area contributed by atoms with Crippen LogP contribution in [0.1, 0.15) is 18.2 Å². The molecule has 1 aliphatic heterocycles. The second kappa shape index (κ2) is 8.12. The van der Waals surface area contributed by atoms with E-state index in [0.29, 0.717) is 24.4 Å². The predicted octanol–water partition coefficient (Wildman–Crippen LogP) is 3.42. The lowest BCUT2D eigenvalue weighted by atomic mass is 10.0. The van der Waals surface area contributed by atoms with Gasteiger partial charge in [0, 0.05) is 38.3 Å². The summed E-state index contributed by atoms with van der Waals surface area (Å²) in [7, 11) is 2.02. The average Bonchev–Trinajstić information content (AvgIpc) is 2.97. The number of halogens is 2. The summed E-state index contributed by atoms with van der Waals surface area (Å²) < 4.78 is 37.7. The van der Waals surface area contributed by atoms with Crippen molar-refractivity contribution in [1.29, 1.82) is 0 Å². The van der Waals surface area contributed by atoms with Gasteiger partial charge in [0.2, 0.25) is 5.91 Å². The van der Waals surface area contributed by atoms with E-state index in [0.717, 1.165) is 30.8 Å². The van der Waals surface area contributed by atoms with Crippen molar-refractivity contribution in [2.45, 2.75) is 26.4 Å². The number of nitrogens with zero attached hydrogens (tertiary/aromatic N) is 3. The van der Waals surface area contributed by atoms with Crippen LogP contribution in [0.3, 0.4) is 0 Å². The SMILES string of the molecule is CC(=O)Nc1cc(F)c(-c2nc3cc(C)ccn3c2CC2CN(C)CCO2)c(F)c1. The van der Waals surface area contributed by atoms with Crippen LogP contribution in [0.15, 0.2) is 30.5 Å². The van der Waals surface area contributed by atoms with Crippen molar-refractivity contribution >= 4 is 17.2 Å². The highest BCUT2D eigenvalue weighted by atomic mass is 19.1. The number of ether oxygens (including phenoxy) is 1. The van der Waals surface area contributed by atoms with Crippen LogP contribution in [0, 0.1) is 18.6 Å². The zero-order chi connectivity index (χ0) is 21.4. The zero-order valence-corrected chi connectivity index (χ0v) is 17.2. The van der Waals surface area contributed by atoms with Crippen LogP contribution in [-0.2, 0) is 16.0 Å². The first kappa shape index (κ1) is 20.4. The Morgan fingerprint density at radius 2 is 2.03 bits per heavy atom. The number of aryl methyl sites for hydroxylation is 1. The van der Waals surface area contributed by atoms with Crippen LogP contribution in [-0.4, -0.2) is 53.0 Å². The molecule has 1 unspecified atom stereocenters. The summed E-state index contributed by atoms with van der Waals surface area (Å²) in [6, 6.07) is 6.04. The third-order valence-electron chi connectivity index (χ3n) is 5.24. The maximum atomic E-state index is 15.0. The maximum absolute atomic E-state index is 15.0. The molecule has 4 rings (SSSR count). The number of benzene rings is 1. The van der Waals surface area contributed by atoms with Gasteiger partial charge in [0.25, 0.3) is 0 Å². The van der Waals surface area contributed by atoms with Gasteiger partial charge in [-0.05, 0) is 43.8 Å². The Hall–Kier alpha value is -2.84. The van der Waals surface area contributed by atoms with Crippen LogP contribution in [0.5, 0.6) is 0 Å². The van der Waals surface area contributed by atoms with E-state index in [9.17, 15) is 13.6 Å². The third kappa shape index (κ3) is 4.06. The van der Waals surface area contributed by atoms with E-state index < -0.39 is 17.5 Å². The van der Waals surface area contributed by atoms with Crippen LogP contribution in [0.25, 0.3) is 16.9 Å². The van der Waals surface area contributed by atoms with Gasteiger partial charge in [0.1, 0.15) is 17.3 Å². The number of aromatic nitrogens is 2. The number of imidazole rings is 1. The molecule has 1 saturated heterocycles. The molecule has 0 radical (unpaired) electrons. The van der Waals surface area contributed by atoms with Crippen molar-refractivity contribution in [3.63, 3.8) is 0 Å². The molecule has 3 heterocycles. The number of fused-ring (bicyclic) bond motifs is 1. The van der Waals surface area contributed by atoms with E-state index in [1.165, 1.54) is 6.92 Å². The van der Waals surface area contributed by atoms with Gasteiger partial charge in [-0.1, -0.05) is 0 Å². The minimum absolute atomic E-state index is 0.0691. The largest absolute Gasteiger partial charge is 0.375 e. The van der Waals surface area contributed by atoms with Gasteiger partial charge in [-0.25, -0.2) is 13.8 Å². The first-order valence-corrected chi connectivity index (χ1v) is 9.86. The monoisotopic (exact) mass is 414 g/mol. The predicted molar refractivity (Wildman–Crippen MR) is 111 cm³/mol. The second-order valence-corrected chi connectivity index (χ2v) is 7.79. The molecule has 1 aromatic carbocycles. The van der Waals surface area contributed by atoms with Crippen molar-refractivity contribution in [1.82, 2.24) is 14.3 Å². The fraction of sp³-hybridized carbons (Fsp3) is 0.364. The molecule has 1 fully saturated rings. The highest BCUT2D eigenvalue weighted by molar-refractivity contribution is 5.89. The van der Waals surface area contributed by atoms with Crippen LogP contribution in [0.2, 0.25) is 0 Å². The summed E-state index contributed by atoms with van der Waals surface area (Å²) in [5.41, 5.74) is 2.43. The summed E-state index contributed by atoms with van der Waals surface area (Å²) >= 11 is 0. The molecule has 8 heteroatoms. The standard InChI is InChI=1S/C22H24F2N4O2/c1-13-4-5-28-19(11-16-12-27(3)6-7-30-16)22(26-20(28)8-13)21-17(23)9-15(10-18(21)24)25-14(2)29/h4-5,8-10,16H,6-7,11-12H2,1-3H3,(H,25,29). The van der Waals surface area contributed by atoms with Gasteiger partial charge in [-0.2, -0.15) is 0 Å². The van der Waals surface area contributed by atoms with E-state index in [4.69, 9.17) is 4.74 Å². The number of hydrogen-bond donors (Lipinski definition) is 1. The van der Waals surface area contributed by atoms with Crippen molar-refractivity contribution in [2.24, 2.45) is 0 Å². The fourth-order valence-electron chi connectivity index (χ4n) is 3.87. The molecule has 3 aromatic rings. The summed E-state index contributed by atoms with van der Waals surface area (Å²) in [5.74, 6) is -1.95. The molecule has 30 heavy (non-hydrogen) atoms. The van der Waals surface area contributed by atoms with E-state index in [1.54, 1.807) is 0 Å². The number of anilines is 1. The first-order chi connectivity index (χ1) is 14.3. The molecule has 2 aromatic heterocycles. The Morgan fingerprint density at radius 1 is 1.30 bits per heavy atom. The van der Waals surface area contributed by atoms with Gasteiger partial charge in [0.15, 0.2) is 0 Å². The average molecular weight is 414 g/mol. The normalized spacial score (nSPS) is 17.4. The zero-order valence-electron chi connectivity index (χ0n) is 17.2. The van der Waals surface area contributed by atoms with E-state index in [2.05, 4.69) is 15.2 Å². The molecular weight excluding hydrogens is 390 g/mol. The molecule has 0 bridgehead atoms. The number of hydrogen-bond acceptors (Lipinski definition) is 4. The number of carbonyl (C=O) groups is 1. The van der Waals surface area contributed by atoms with E-state index >= 15 is 0 Å². The van der Waals surface area contributed by atoms with Gasteiger partial charge in [-0.3, -0.25) is 4.79 Å². The molecule has 0 saturated carbocycles. The Labute approximate surface area is 173 Å². The number of nitrogens with one attached hydrogen (secondary N) is 1. The van der Waals surface area contributed by atoms with Gasteiger partial charge in [-0.15, -0.1) is 0 Å². The molecule has 0 aliphatic carbocycles. The highest BCUT2D eigenvalue weighted by Crippen LogP contribution is 2.33. The lowest BCUT2D eigenvalue weighted by Crippen LogP contribution is -2.41. The molecule has 1 N–H and O–H groups in total. The fourth-order valence-corrected chi connectivity index (χ4v) is 3.87. The molecule has 1 amide bonds. The smallest absolute Gasteiger partial charge is 0.221 e. The van der Waals surface area contributed by atoms with Crippen molar-refractivity contribution < 1.29 is 18.3 Å². The third-order valence-corrected chi connectivity index (χ3v) is 5.24. The van der Waals surface area contributed by atoms with E-state index in [-0.39, 0.29) is 23.0 Å². The number of likely N-dealkylation sites (N-methyl/N-ethyl adjacent to an activating group) is 1. The van der Waals surface area contributed by atoms with Crippen LogP contribution < -0.4 is 5.32 Å². The molecule has 158 valence electrons. The first-order valence-electron chi connectivity index (χ1n) is 9.86. The minimum atomic E-state index is -0.776. The number of carbonyl (C=O) groups excluding carboxylic acids is 1. The quantitative estimate of drug-likeness (QED) is 0.711. The Kier molecular flexibility index (Phi) is 5.53. The topological polar surface area (TPSA) is 58.9 Å². The van der Waals surface area contributed by atoms with Gasteiger partial charge in [0.05, 0.1) is 29.7 Å². The lowest BCUT2D eigenvalue weighted by molar-refractivity contribution is -0.114. The van der Waals surface area contributed by atoms with E-state index in [1.807, 2.05) is 36.7 Å². The summed E-state index contributed by atoms with van der Waals surface area (Å²) in [5, 5.41) is 2.41. The van der Waals surface area contributed by atoms with Crippen molar-refractivity contribution in [3.8, 4) is 11.3 Å². The highest BCUT2D eigenvalue weighted by Gasteiger charge is 2.26. The molecule has 1 aliphatic rings. The van der Waals surface area contributed by atoms with Crippen LogP contribution in [0.4, 0.5) is 14.5 Å². The Balaban J connectivity index is 1.83. The molecule has 1 atom stereocenters. The molecule has 6 nitrogen and oxygen atoms in total. The molecule has 0 spiro atoms. The number of rotatable bonds is 4. The summed E-state index contributed by atoms with van der Waals surface area (Å²) in [6.45, 7) is 5.42. The maximum Gasteiger partial charge on any atom is 0.221 e. The van der Waals surface area contributed by atoms with Crippen molar-refractivity contribution in [3.05, 3.63) is 53.4 Å². The summed E-state index contributed by atoms with van der Waals surface area (Å²) in [6.07, 6.45) is 2.23. The Morgan fingerprint density at radius 3 is 2.70 bits per heavy atom. The number of pyridine rings is 1. The Bertz CT molecular complexity index is 1090. The molecular formula is C22H24F2N4O2. The number of amides is 1. The van der Waals surface area contributed by atoms with Crippen molar-refractivity contribution in [2.75, 3.05) is 32.1 Å². The number of morpholine rings is 1. The van der Waals surface area contributed by atoms with Gasteiger partial charge < -0.3 is 19.4 Å². The second-order valence-electron chi connectivity index (χ2n) is 7.79.